The molecule has 3 nitrogen and oxygen atoms in total. The Hall–Kier alpha value is -0.120. The second kappa shape index (κ2) is 7.77. The van der Waals surface area contributed by atoms with Gasteiger partial charge in [0, 0.05) is 33.3 Å². The molecule has 2 rings (SSSR count). The van der Waals surface area contributed by atoms with E-state index in [1.165, 1.54) is 58.2 Å². The van der Waals surface area contributed by atoms with Crippen LogP contribution in [-0.2, 0) is 4.74 Å². The third-order valence-electron chi connectivity index (χ3n) is 5.09. The Bertz CT molecular complexity index is 274. The van der Waals surface area contributed by atoms with Gasteiger partial charge in [0.05, 0.1) is 6.10 Å². The van der Waals surface area contributed by atoms with Crippen molar-refractivity contribution in [2.45, 2.75) is 58.5 Å². The molecule has 0 aromatic rings. The van der Waals surface area contributed by atoms with Crippen LogP contribution in [0.3, 0.4) is 0 Å². The summed E-state index contributed by atoms with van der Waals surface area (Å²) in [6, 6.07) is 0. The lowest BCUT2D eigenvalue weighted by atomic mass is 9.73. The van der Waals surface area contributed by atoms with Gasteiger partial charge in [-0.3, -0.25) is 0 Å². The summed E-state index contributed by atoms with van der Waals surface area (Å²) in [5.74, 6) is 0.750. The minimum absolute atomic E-state index is 0.472. The molecular weight excluding hydrogens is 248 g/mol. The second-order valence-corrected chi connectivity index (χ2v) is 7.47. The molecule has 1 N–H and O–H groups in total. The maximum absolute atomic E-state index is 5.52. The summed E-state index contributed by atoms with van der Waals surface area (Å²) in [6.07, 6.45) is 8.78. The fourth-order valence-corrected chi connectivity index (χ4v) is 3.93. The van der Waals surface area contributed by atoms with E-state index in [1.807, 2.05) is 7.11 Å². The number of hydrogen-bond donors (Lipinski definition) is 1. The molecule has 1 saturated heterocycles. The summed E-state index contributed by atoms with van der Waals surface area (Å²) >= 11 is 0. The molecule has 0 bridgehead atoms. The molecule has 1 aliphatic carbocycles. The number of rotatable bonds is 7. The Labute approximate surface area is 125 Å². The van der Waals surface area contributed by atoms with Crippen molar-refractivity contribution in [1.82, 2.24) is 10.2 Å². The minimum atomic E-state index is 0.472. The van der Waals surface area contributed by atoms with Crippen LogP contribution in [0.2, 0.25) is 0 Å². The van der Waals surface area contributed by atoms with Gasteiger partial charge in [-0.05, 0) is 37.1 Å². The Morgan fingerprint density at radius 1 is 1.25 bits per heavy atom. The second-order valence-electron chi connectivity index (χ2n) is 7.47. The molecule has 1 saturated carbocycles. The van der Waals surface area contributed by atoms with E-state index < -0.39 is 0 Å². The smallest absolute Gasteiger partial charge is 0.0710 e. The molecule has 118 valence electrons. The summed E-state index contributed by atoms with van der Waals surface area (Å²) in [5.41, 5.74) is 0.524. The molecule has 3 heteroatoms. The van der Waals surface area contributed by atoms with Crippen LogP contribution in [-0.4, -0.2) is 50.8 Å². The van der Waals surface area contributed by atoms with E-state index in [0.717, 1.165) is 19.0 Å². The highest BCUT2D eigenvalue weighted by Gasteiger charge is 2.35. The first-order chi connectivity index (χ1) is 9.63. The van der Waals surface area contributed by atoms with Gasteiger partial charge in [0.15, 0.2) is 0 Å². The normalized spacial score (nSPS) is 27.3. The number of nitrogens with zero attached hydrogens (tertiary/aromatic N) is 1. The van der Waals surface area contributed by atoms with Crippen LogP contribution in [0.4, 0.5) is 0 Å². The zero-order valence-electron chi connectivity index (χ0n) is 13.8. The standard InChI is InChI=1S/C17H34N2O/c1-15(2)11-18-13-17(8-5-4-6-9-17)14-19-10-7-16(12-19)20-3/h15-16,18H,4-14H2,1-3H3. The predicted molar refractivity (Wildman–Crippen MR) is 85.1 cm³/mol. The lowest BCUT2D eigenvalue weighted by Crippen LogP contribution is -2.45. The molecule has 0 aromatic carbocycles. The topological polar surface area (TPSA) is 24.5 Å². The molecule has 2 fully saturated rings. The highest BCUT2D eigenvalue weighted by molar-refractivity contribution is 4.90. The minimum Gasteiger partial charge on any atom is -0.380 e. The molecule has 20 heavy (non-hydrogen) atoms. The van der Waals surface area contributed by atoms with Crippen LogP contribution in [0.15, 0.2) is 0 Å². The van der Waals surface area contributed by atoms with Gasteiger partial charge < -0.3 is 15.0 Å². The Morgan fingerprint density at radius 3 is 2.60 bits per heavy atom. The molecule has 1 aliphatic heterocycles. The van der Waals surface area contributed by atoms with Gasteiger partial charge in [0.2, 0.25) is 0 Å². The van der Waals surface area contributed by atoms with E-state index in [4.69, 9.17) is 4.74 Å². The first-order valence-corrected chi connectivity index (χ1v) is 8.59. The van der Waals surface area contributed by atoms with Gasteiger partial charge in [0.1, 0.15) is 0 Å². The molecule has 2 aliphatic rings. The van der Waals surface area contributed by atoms with Crippen molar-refractivity contribution in [3.63, 3.8) is 0 Å². The van der Waals surface area contributed by atoms with Gasteiger partial charge in [0.25, 0.3) is 0 Å². The maximum Gasteiger partial charge on any atom is 0.0710 e. The molecule has 0 radical (unpaired) electrons. The van der Waals surface area contributed by atoms with Crippen LogP contribution in [0.5, 0.6) is 0 Å². The van der Waals surface area contributed by atoms with E-state index in [2.05, 4.69) is 24.1 Å². The lowest BCUT2D eigenvalue weighted by molar-refractivity contribution is 0.0833. The van der Waals surface area contributed by atoms with Crippen LogP contribution < -0.4 is 5.32 Å². The zero-order valence-corrected chi connectivity index (χ0v) is 13.8. The Morgan fingerprint density at radius 2 is 2.00 bits per heavy atom. The molecular formula is C17H34N2O. The Kier molecular flexibility index (Phi) is 6.31. The van der Waals surface area contributed by atoms with Gasteiger partial charge >= 0.3 is 0 Å². The van der Waals surface area contributed by atoms with E-state index >= 15 is 0 Å². The quantitative estimate of drug-likeness (QED) is 0.777. The number of nitrogens with one attached hydrogen (secondary N) is 1. The van der Waals surface area contributed by atoms with Gasteiger partial charge in [-0.1, -0.05) is 33.1 Å². The number of hydrogen-bond acceptors (Lipinski definition) is 3. The van der Waals surface area contributed by atoms with Gasteiger partial charge in [-0.25, -0.2) is 0 Å². The fourth-order valence-electron chi connectivity index (χ4n) is 3.93. The first kappa shape index (κ1) is 16.3. The Balaban J connectivity index is 1.86. The highest BCUT2D eigenvalue weighted by atomic mass is 16.5. The maximum atomic E-state index is 5.52. The van der Waals surface area contributed by atoms with Crippen LogP contribution >= 0.6 is 0 Å². The third-order valence-corrected chi connectivity index (χ3v) is 5.09. The fraction of sp³-hybridized carbons (Fsp3) is 1.00. The molecule has 1 heterocycles. The molecule has 0 amide bonds. The molecule has 1 atom stereocenters. The first-order valence-electron chi connectivity index (χ1n) is 8.59. The van der Waals surface area contributed by atoms with Crippen molar-refractivity contribution in [3.8, 4) is 0 Å². The summed E-state index contributed by atoms with van der Waals surface area (Å²) in [7, 11) is 1.86. The summed E-state index contributed by atoms with van der Waals surface area (Å²) < 4.78 is 5.52. The zero-order chi connectivity index (χ0) is 14.4. The number of likely N-dealkylation sites (tertiary alicyclic amines) is 1. The largest absolute Gasteiger partial charge is 0.380 e. The summed E-state index contributed by atoms with van der Waals surface area (Å²) in [5, 5.41) is 3.74. The number of ether oxygens (including phenoxy) is 1. The van der Waals surface area contributed by atoms with Crippen LogP contribution in [0.25, 0.3) is 0 Å². The van der Waals surface area contributed by atoms with Crippen molar-refractivity contribution in [2.75, 3.05) is 39.8 Å². The van der Waals surface area contributed by atoms with E-state index in [9.17, 15) is 0 Å². The lowest BCUT2D eigenvalue weighted by Gasteiger charge is -2.40. The van der Waals surface area contributed by atoms with Gasteiger partial charge in [-0.2, -0.15) is 0 Å². The van der Waals surface area contributed by atoms with Crippen molar-refractivity contribution >= 4 is 0 Å². The van der Waals surface area contributed by atoms with Crippen molar-refractivity contribution in [2.24, 2.45) is 11.3 Å². The number of methoxy groups -OCH3 is 1. The third kappa shape index (κ3) is 4.71. The van der Waals surface area contributed by atoms with E-state index in [0.29, 0.717) is 11.5 Å². The van der Waals surface area contributed by atoms with Crippen LogP contribution in [0.1, 0.15) is 52.4 Å². The summed E-state index contributed by atoms with van der Waals surface area (Å²) in [6.45, 7) is 10.6. The van der Waals surface area contributed by atoms with E-state index in [1.54, 1.807) is 0 Å². The molecule has 0 spiro atoms. The highest BCUT2D eigenvalue weighted by Crippen LogP contribution is 2.37. The predicted octanol–water partition coefficient (Wildman–Crippen LogP) is 2.90. The van der Waals surface area contributed by atoms with Gasteiger partial charge in [-0.15, -0.1) is 0 Å². The molecule has 0 aromatic heterocycles. The average Bonchev–Trinajstić information content (AvgIpc) is 2.86. The van der Waals surface area contributed by atoms with Crippen LogP contribution in [0, 0.1) is 11.3 Å². The SMILES string of the molecule is COC1CCN(CC2(CNCC(C)C)CCCCC2)C1. The van der Waals surface area contributed by atoms with Crippen molar-refractivity contribution in [1.29, 1.82) is 0 Å². The van der Waals surface area contributed by atoms with Crippen molar-refractivity contribution < 1.29 is 4.74 Å². The summed E-state index contributed by atoms with van der Waals surface area (Å²) in [4.78, 5) is 2.65. The monoisotopic (exact) mass is 282 g/mol. The average molecular weight is 282 g/mol. The molecule has 1 unspecified atom stereocenters. The van der Waals surface area contributed by atoms with E-state index in [-0.39, 0.29) is 0 Å². The van der Waals surface area contributed by atoms with Crippen molar-refractivity contribution in [3.05, 3.63) is 0 Å².